The van der Waals surface area contributed by atoms with Crippen molar-refractivity contribution in [3.8, 4) is 5.75 Å². The largest absolute Gasteiger partial charge is 0.491 e. The molecule has 0 bridgehead atoms. The lowest BCUT2D eigenvalue weighted by molar-refractivity contribution is -0.150. The molecule has 1 unspecified atom stereocenters. The van der Waals surface area contributed by atoms with Crippen molar-refractivity contribution >= 4 is 40.9 Å². The number of fused-ring (bicyclic) bond motifs is 4. The summed E-state index contributed by atoms with van der Waals surface area (Å²) in [5.74, 6) is 0.0340. The Hall–Kier alpha value is -1.97. The molecule has 0 amide bonds. The zero-order valence-corrected chi connectivity index (χ0v) is 27.0. The molecule has 0 spiro atoms. The van der Waals surface area contributed by atoms with Crippen molar-refractivity contribution in [2.45, 2.75) is 90.0 Å². The molecule has 1 N–H and O–H groups in total. The number of nitrogens with one attached hydrogen (secondary N) is 1. The van der Waals surface area contributed by atoms with Crippen LogP contribution in [0, 0.1) is 0 Å². The smallest absolute Gasteiger partial charge is 0.195 e. The van der Waals surface area contributed by atoms with Crippen LogP contribution in [0.25, 0.3) is 10.9 Å². The molecule has 1 aliphatic heterocycles. The third-order valence-electron chi connectivity index (χ3n) is 8.64. The fourth-order valence-corrected chi connectivity index (χ4v) is 6.72. The van der Waals surface area contributed by atoms with Gasteiger partial charge in [0.25, 0.3) is 0 Å². The predicted octanol–water partition coefficient (Wildman–Crippen LogP) is 7.72. The quantitative estimate of drug-likeness (QED) is 0.288. The van der Waals surface area contributed by atoms with Crippen molar-refractivity contribution in [2.24, 2.45) is 0 Å². The van der Waals surface area contributed by atoms with Crippen molar-refractivity contribution < 1.29 is 23.4 Å². The molecule has 0 radical (unpaired) electrons. The highest BCUT2D eigenvalue weighted by Crippen LogP contribution is 2.45. The van der Waals surface area contributed by atoms with E-state index in [1.807, 2.05) is 50.2 Å². The third-order valence-corrected chi connectivity index (χ3v) is 13.6. The topological polar surface area (TPSA) is 69.8 Å². The summed E-state index contributed by atoms with van der Waals surface area (Å²) in [6.07, 6.45) is -0.493. The van der Waals surface area contributed by atoms with Gasteiger partial charge in [0.2, 0.25) is 0 Å². The number of aromatic amines is 1. The molecule has 5 rings (SSSR count). The standard InChI is InChI=1S/C31H40BrNO5Si/c1-29(2,3)39(8,9)36-17-25-24(37-31(6,7)38-25)16-35-19-11-13-20-22(15-19)30(4,5)28-26(27(20)34)21-12-10-18(32)14-23(21)33-28/h10-15,24-25,33H,16-17H2,1-9H3/t24?,25-/m1/s1. The molecule has 1 fully saturated rings. The Balaban J connectivity index is 1.36. The number of aromatic nitrogens is 1. The lowest BCUT2D eigenvalue weighted by Gasteiger charge is -2.37. The molecule has 8 heteroatoms. The second-order valence-electron chi connectivity index (χ2n) is 13.3. The fraction of sp³-hybridized carbons (Fsp3) is 0.516. The van der Waals surface area contributed by atoms with Gasteiger partial charge in [0.15, 0.2) is 19.9 Å². The van der Waals surface area contributed by atoms with Crippen molar-refractivity contribution in [3.05, 3.63) is 63.3 Å². The molecule has 3 aromatic rings. The van der Waals surface area contributed by atoms with Gasteiger partial charge in [-0.1, -0.05) is 56.6 Å². The Morgan fingerprint density at radius 2 is 1.67 bits per heavy atom. The van der Waals surface area contributed by atoms with E-state index in [1.165, 1.54) is 0 Å². The summed E-state index contributed by atoms with van der Waals surface area (Å²) < 4.78 is 26.2. The maximum atomic E-state index is 13.7. The Bertz CT molecular complexity index is 1430. The molecule has 0 saturated carbocycles. The van der Waals surface area contributed by atoms with Crippen molar-refractivity contribution in [2.75, 3.05) is 13.2 Å². The maximum absolute atomic E-state index is 13.7. The van der Waals surface area contributed by atoms with Gasteiger partial charge in [-0.3, -0.25) is 4.79 Å². The first-order chi connectivity index (χ1) is 18.0. The molecule has 2 aromatic carbocycles. The number of hydrogen-bond donors (Lipinski definition) is 1. The summed E-state index contributed by atoms with van der Waals surface area (Å²) in [6.45, 7) is 20.1. The second kappa shape index (κ2) is 9.55. The molecule has 1 aromatic heterocycles. The van der Waals surface area contributed by atoms with Gasteiger partial charge in [0, 0.05) is 32.0 Å². The number of carbonyl (C=O) groups excluding carboxylic acids is 1. The van der Waals surface area contributed by atoms with E-state index in [4.69, 9.17) is 18.6 Å². The van der Waals surface area contributed by atoms with Crippen LogP contribution in [0.2, 0.25) is 18.1 Å². The van der Waals surface area contributed by atoms with Gasteiger partial charge >= 0.3 is 0 Å². The monoisotopic (exact) mass is 613 g/mol. The van der Waals surface area contributed by atoms with Crippen molar-refractivity contribution in [1.82, 2.24) is 4.98 Å². The number of rotatable bonds is 6. The summed E-state index contributed by atoms with van der Waals surface area (Å²) >= 11 is 3.54. The van der Waals surface area contributed by atoms with Gasteiger partial charge in [0.05, 0.1) is 12.2 Å². The van der Waals surface area contributed by atoms with Gasteiger partial charge in [-0.15, -0.1) is 0 Å². The number of H-pyrrole nitrogens is 1. The summed E-state index contributed by atoms with van der Waals surface area (Å²) in [4.78, 5) is 17.2. The molecule has 2 heterocycles. The summed E-state index contributed by atoms with van der Waals surface area (Å²) in [7, 11) is -1.93. The lowest BCUT2D eigenvalue weighted by Crippen LogP contribution is -2.44. The first-order valence-corrected chi connectivity index (χ1v) is 17.3. The molecule has 2 aliphatic rings. The number of halogens is 1. The van der Waals surface area contributed by atoms with E-state index in [2.05, 4.69) is 68.6 Å². The lowest BCUT2D eigenvalue weighted by atomic mass is 9.71. The fourth-order valence-electron chi connectivity index (χ4n) is 5.35. The molecule has 39 heavy (non-hydrogen) atoms. The van der Waals surface area contributed by atoms with E-state index in [0.717, 1.165) is 32.2 Å². The highest BCUT2D eigenvalue weighted by Gasteiger charge is 2.45. The second-order valence-corrected chi connectivity index (χ2v) is 19.0. The average molecular weight is 615 g/mol. The van der Waals surface area contributed by atoms with Gasteiger partial charge in [0.1, 0.15) is 24.6 Å². The number of carbonyl (C=O) groups is 1. The average Bonchev–Trinajstić information content (AvgIpc) is 3.36. The molecular formula is C31H40BrNO5Si. The Morgan fingerprint density at radius 3 is 2.33 bits per heavy atom. The van der Waals surface area contributed by atoms with Crippen LogP contribution in [-0.4, -0.2) is 50.3 Å². The van der Waals surface area contributed by atoms with Crippen LogP contribution in [0.3, 0.4) is 0 Å². The Kier molecular flexibility index (Phi) is 6.99. The zero-order valence-electron chi connectivity index (χ0n) is 24.5. The van der Waals surface area contributed by atoms with Crippen molar-refractivity contribution in [1.29, 1.82) is 0 Å². The van der Waals surface area contributed by atoms with E-state index >= 15 is 0 Å². The van der Waals surface area contributed by atoms with Crippen LogP contribution in [-0.2, 0) is 19.3 Å². The summed E-state index contributed by atoms with van der Waals surface area (Å²) in [5, 5.41) is 1.06. The third kappa shape index (κ3) is 5.15. The van der Waals surface area contributed by atoms with Crippen LogP contribution < -0.4 is 4.74 Å². The van der Waals surface area contributed by atoms with Crippen LogP contribution in [0.5, 0.6) is 5.75 Å². The molecule has 1 saturated heterocycles. The number of ketones is 1. The number of ether oxygens (including phenoxy) is 3. The van der Waals surface area contributed by atoms with Crippen LogP contribution in [0.4, 0.5) is 0 Å². The van der Waals surface area contributed by atoms with E-state index in [9.17, 15) is 4.79 Å². The maximum Gasteiger partial charge on any atom is 0.195 e. The van der Waals surface area contributed by atoms with Crippen LogP contribution in [0.1, 0.15) is 75.6 Å². The number of hydrogen-bond acceptors (Lipinski definition) is 5. The van der Waals surface area contributed by atoms with Gasteiger partial charge in [-0.2, -0.15) is 0 Å². The van der Waals surface area contributed by atoms with Crippen LogP contribution >= 0.6 is 15.9 Å². The SMILES string of the molecule is CC1(C)OC(COc2ccc3c(c2)C(C)(C)c2[nH]c4cc(Br)ccc4c2C3=O)[C@@H](CO[Si](C)(C)C(C)(C)C)O1. The van der Waals surface area contributed by atoms with Gasteiger partial charge in [-0.25, -0.2) is 0 Å². The Labute approximate surface area is 241 Å². The highest BCUT2D eigenvalue weighted by molar-refractivity contribution is 9.10. The predicted molar refractivity (Wildman–Crippen MR) is 160 cm³/mol. The minimum Gasteiger partial charge on any atom is -0.491 e. The first-order valence-electron chi connectivity index (χ1n) is 13.6. The molecule has 1 aliphatic carbocycles. The van der Waals surface area contributed by atoms with E-state index < -0.39 is 19.5 Å². The molecule has 2 atom stereocenters. The van der Waals surface area contributed by atoms with E-state index in [1.54, 1.807) is 0 Å². The van der Waals surface area contributed by atoms with E-state index in [-0.39, 0.29) is 23.0 Å². The van der Waals surface area contributed by atoms with Crippen molar-refractivity contribution in [3.63, 3.8) is 0 Å². The minimum atomic E-state index is -1.93. The molecular weight excluding hydrogens is 574 g/mol. The summed E-state index contributed by atoms with van der Waals surface area (Å²) in [5.41, 5.74) is 3.90. The molecule has 210 valence electrons. The van der Waals surface area contributed by atoms with Crippen LogP contribution in [0.15, 0.2) is 40.9 Å². The Morgan fingerprint density at radius 1 is 1.00 bits per heavy atom. The minimum absolute atomic E-state index is 0.0385. The van der Waals surface area contributed by atoms with Gasteiger partial charge < -0.3 is 23.6 Å². The number of benzene rings is 2. The molecule has 6 nitrogen and oxygen atoms in total. The normalized spacial score (nSPS) is 22.2. The van der Waals surface area contributed by atoms with E-state index in [0.29, 0.717) is 24.5 Å². The van der Waals surface area contributed by atoms with Gasteiger partial charge in [-0.05, 0) is 67.9 Å². The first kappa shape index (κ1) is 28.6. The highest BCUT2D eigenvalue weighted by atomic mass is 79.9. The summed E-state index contributed by atoms with van der Waals surface area (Å²) in [6, 6.07) is 11.8. The zero-order chi connectivity index (χ0) is 28.5.